The molecule has 5 rings (SSSR count). The normalized spacial score (nSPS) is 16.5. The summed E-state index contributed by atoms with van der Waals surface area (Å²) >= 11 is 1.62. The van der Waals surface area contributed by atoms with E-state index in [1.807, 2.05) is 47.1 Å². The first-order chi connectivity index (χ1) is 13.8. The summed E-state index contributed by atoms with van der Waals surface area (Å²) in [5.41, 5.74) is 2.89. The molecule has 4 aromatic rings. The van der Waals surface area contributed by atoms with Gasteiger partial charge in [0, 0.05) is 12.0 Å². The lowest BCUT2D eigenvalue weighted by Gasteiger charge is -2.16. The van der Waals surface area contributed by atoms with Gasteiger partial charge < -0.3 is 14.2 Å². The first kappa shape index (κ1) is 17.2. The van der Waals surface area contributed by atoms with Gasteiger partial charge in [0.05, 0.1) is 35.8 Å². The monoisotopic (exact) mass is 393 g/mol. The van der Waals surface area contributed by atoms with Crippen LogP contribution in [-0.2, 0) is 4.74 Å². The molecule has 0 radical (unpaired) electrons. The van der Waals surface area contributed by atoms with Crippen molar-refractivity contribution in [3.63, 3.8) is 0 Å². The molecule has 0 bridgehead atoms. The minimum absolute atomic E-state index is 0.224. The molecule has 6 nitrogen and oxygen atoms in total. The molecule has 1 atom stereocenters. The van der Waals surface area contributed by atoms with E-state index in [4.69, 9.17) is 19.2 Å². The van der Waals surface area contributed by atoms with Crippen molar-refractivity contribution >= 4 is 21.6 Å². The topological polar surface area (TPSA) is 58.4 Å². The number of fused-ring (bicyclic) bond motifs is 1. The summed E-state index contributed by atoms with van der Waals surface area (Å²) in [6, 6.07) is 16.0. The minimum Gasteiger partial charge on any atom is -0.493 e. The number of hydrogen-bond donors (Lipinski definition) is 0. The van der Waals surface area contributed by atoms with Crippen LogP contribution in [0, 0.1) is 0 Å². The zero-order chi connectivity index (χ0) is 18.9. The van der Waals surface area contributed by atoms with Crippen LogP contribution in [0.5, 0.6) is 11.5 Å². The van der Waals surface area contributed by atoms with E-state index in [9.17, 15) is 0 Å². The molecule has 0 unspecified atom stereocenters. The maximum Gasteiger partial charge on any atom is 0.212 e. The number of thiazole rings is 1. The molecule has 3 heterocycles. The summed E-state index contributed by atoms with van der Waals surface area (Å²) in [6.07, 6.45) is 3.46. The molecule has 2 aromatic heterocycles. The molecule has 7 heteroatoms. The fourth-order valence-electron chi connectivity index (χ4n) is 3.34. The van der Waals surface area contributed by atoms with Gasteiger partial charge in [-0.3, -0.25) is 0 Å². The van der Waals surface area contributed by atoms with Gasteiger partial charge in [0.15, 0.2) is 17.8 Å². The van der Waals surface area contributed by atoms with E-state index in [2.05, 4.69) is 11.2 Å². The van der Waals surface area contributed by atoms with Crippen molar-refractivity contribution in [2.45, 2.75) is 19.1 Å². The molecule has 0 N–H and O–H groups in total. The van der Waals surface area contributed by atoms with Crippen LogP contribution in [0.4, 0.5) is 0 Å². The molecule has 142 valence electrons. The number of methoxy groups -OCH3 is 1. The Morgan fingerprint density at radius 3 is 2.89 bits per heavy atom. The van der Waals surface area contributed by atoms with Crippen LogP contribution in [0.25, 0.3) is 26.6 Å². The summed E-state index contributed by atoms with van der Waals surface area (Å²) in [7, 11) is 1.64. The molecular formula is C21H19N3O3S. The van der Waals surface area contributed by atoms with Crippen molar-refractivity contribution in [1.82, 2.24) is 14.8 Å². The van der Waals surface area contributed by atoms with Crippen LogP contribution < -0.4 is 9.47 Å². The predicted octanol–water partition coefficient (Wildman–Crippen LogP) is 4.67. The molecule has 0 aliphatic carbocycles. The van der Waals surface area contributed by atoms with Gasteiger partial charge in [-0.1, -0.05) is 23.5 Å². The molecule has 1 saturated heterocycles. The Hall–Kier alpha value is -2.90. The quantitative estimate of drug-likeness (QED) is 0.493. The second kappa shape index (κ2) is 7.26. The van der Waals surface area contributed by atoms with Crippen molar-refractivity contribution in [2.24, 2.45) is 0 Å². The van der Waals surface area contributed by atoms with Gasteiger partial charge in [-0.2, -0.15) is 5.10 Å². The summed E-state index contributed by atoms with van der Waals surface area (Å²) in [4.78, 5) is 4.72. The first-order valence-corrected chi connectivity index (χ1v) is 10.00. The molecule has 1 aliphatic heterocycles. The summed E-state index contributed by atoms with van der Waals surface area (Å²) in [6.45, 7) is 0.733. The van der Waals surface area contributed by atoms with Gasteiger partial charge >= 0.3 is 0 Å². The Morgan fingerprint density at radius 2 is 2.07 bits per heavy atom. The van der Waals surface area contributed by atoms with Crippen molar-refractivity contribution in [2.75, 3.05) is 13.7 Å². The molecular weight excluding hydrogens is 374 g/mol. The van der Waals surface area contributed by atoms with Gasteiger partial charge in [-0.15, -0.1) is 0 Å². The first-order valence-electron chi connectivity index (χ1n) is 9.18. The lowest BCUT2D eigenvalue weighted by molar-refractivity contribution is -0.0402. The average Bonchev–Trinajstić information content (AvgIpc) is 3.47. The number of benzene rings is 2. The van der Waals surface area contributed by atoms with Gasteiger partial charge in [-0.05, 0) is 42.8 Å². The Bertz CT molecular complexity index is 1080. The van der Waals surface area contributed by atoms with E-state index in [0.29, 0.717) is 11.5 Å². The van der Waals surface area contributed by atoms with Crippen LogP contribution in [0.1, 0.15) is 12.8 Å². The molecule has 0 spiro atoms. The van der Waals surface area contributed by atoms with Crippen molar-refractivity contribution < 1.29 is 14.2 Å². The van der Waals surface area contributed by atoms with Gasteiger partial charge in [0.1, 0.15) is 0 Å². The molecule has 1 fully saturated rings. The van der Waals surface area contributed by atoms with Crippen molar-refractivity contribution in [1.29, 1.82) is 0 Å². The largest absolute Gasteiger partial charge is 0.493 e. The highest BCUT2D eigenvalue weighted by Gasteiger charge is 2.20. The number of hydrogen-bond acceptors (Lipinski definition) is 6. The molecule has 0 amide bonds. The Balaban J connectivity index is 1.54. The zero-order valence-electron chi connectivity index (χ0n) is 15.4. The third-order valence-corrected chi connectivity index (χ3v) is 5.72. The van der Waals surface area contributed by atoms with Crippen molar-refractivity contribution in [3.8, 4) is 27.9 Å². The Morgan fingerprint density at radius 1 is 1.14 bits per heavy atom. The third kappa shape index (κ3) is 3.12. The summed E-state index contributed by atoms with van der Waals surface area (Å²) < 4.78 is 20.1. The number of ether oxygens (including phenoxy) is 3. The predicted molar refractivity (Wildman–Crippen MR) is 108 cm³/mol. The summed E-state index contributed by atoms with van der Waals surface area (Å²) in [5.74, 6) is 1.36. The maximum atomic E-state index is 6.04. The summed E-state index contributed by atoms with van der Waals surface area (Å²) in [5, 5.41) is 5.33. The van der Waals surface area contributed by atoms with Gasteiger partial charge in [-0.25, -0.2) is 9.67 Å². The highest BCUT2D eigenvalue weighted by molar-refractivity contribution is 7.20. The lowest BCUT2D eigenvalue weighted by atomic mass is 10.1. The number of para-hydroxylation sites is 1. The van der Waals surface area contributed by atoms with Crippen molar-refractivity contribution in [3.05, 3.63) is 54.7 Å². The molecule has 2 aromatic carbocycles. The van der Waals surface area contributed by atoms with Gasteiger partial charge in [0.2, 0.25) is 5.13 Å². The van der Waals surface area contributed by atoms with E-state index in [1.165, 1.54) is 0 Å². The van der Waals surface area contributed by atoms with Crippen LogP contribution in [0.15, 0.2) is 54.7 Å². The van der Waals surface area contributed by atoms with Crippen LogP contribution in [-0.4, -0.2) is 34.8 Å². The Kier molecular flexibility index (Phi) is 4.46. The number of rotatable bonds is 5. The zero-order valence-corrected chi connectivity index (χ0v) is 16.2. The maximum absolute atomic E-state index is 6.04. The minimum atomic E-state index is -0.224. The standard InChI is InChI=1S/C21H19N3O3S/c1-25-17-9-8-14(13-18(17)27-20-7-4-12-26-20)16-10-11-22-24(16)21-23-15-5-2-3-6-19(15)28-21/h2-3,5-6,8-11,13,20H,4,7,12H2,1H3/t20-/m0/s1. The van der Waals surface area contributed by atoms with E-state index in [0.717, 1.165) is 46.1 Å². The van der Waals surface area contributed by atoms with E-state index < -0.39 is 0 Å². The molecule has 1 aliphatic rings. The fraction of sp³-hybridized carbons (Fsp3) is 0.238. The fourth-order valence-corrected chi connectivity index (χ4v) is 4.27. The Labute approximate surface area is 166 Å². The lowest BCUT2D eigenvalue weighted by Crippen LogP contribution is -2.14. The second-order valence-electron chi connectivity index (χ2n) is 6.52. The number of nitrogens with zero attached hydrogens (tertiary/aromatic N) is 3. The highest BCUT2D eigenvalue weighted by atomic mass is 32.1. The van der Waals surface area contributed by atoms with Crippen LogP contribution in [0.2, 0.25) is 0 Å². The van der Waals surface area contributed by atoms with Crippen LogP contribution in [0.3, 0.4) is 0 Å². The average molecular weight is 393 g/mol. The SMILES string of the molecule is COc1ccc(-c2ccnn2-c2nc3ccccc3s2)cc1O[C@H]1CCCO1. The van der Waals surface area contributed by atoms with Crippen LogP contribution >= 0.6 is 11.3 Å². The van der Waals surface area contributed by atoms with E-state index in [-0.39, 0.29) is 6.29 Å². The van der Waals surface area contributed by atoms with Gasteiger partial charge in [0.25, 0.3) is 0 Å². The highest BCUT2D eigenvalue weighted by Crippen LogP contribution is 2.35. The third-order valence-electron chi connectivity index (χ3n) is 4.71. The number of aromatic nitrogens is 3. The second-order valence-corrected chi connectivity index (χ2v) is 7.53. The molecule has 0 saturated carbocycles. The molecule has 28 heavy (non-hydrogen) atoms. The van der Waals surface area contributed by atoms with E-state index >= 15 is 0 Å². The van der Waals surface area contributed by atoms with E-state index in [1.54, 1.807) is 24.6 Å². The smallest absolute Gasteiger partial charge is 0.212 e.